The molecule has 0 radical (unpaired) electrons. The summed E-state index contributed by atoms with van der Waals surface area (Å²) in [4.78, 5) is 20.6. The van der Waals surface area contributed by atoms with Gasteiger partial charge in [0.05, 0.1) is 11.9 Å². The third-order valence-corrected chi connectivity index (χ3v) is 5.01. The lowest BCUT2D eigenvalue weighted by Gasteiger charge is -2.34. The zero-order valence-electron chi connectivity index (χ0n) is 16.8. The Morgan fingerprint density at radius 2 is 1.79 bits per heavy atom. The fourth-order valence-corrected chi connectivity index (χ4v) is 3.21. The lowest BCUT2D eigenvalue weighted by atomic mass is 9.87. The summed E-state index contributed by atoms with van der Waals surface area (Å²) >= 11 is 0. The Kier molecular flexibility index (Phi) is 5.96. The second kappa shape index (κ2) is 8.41. The molecule has 2 aromatic rings. The van der Waals surface area contributed by atoms with E-state index in [2.05, 4.69) is 60.2 Å². The van der Waals surface area contributed by atoms with Crippen molar-refractivity contribution in [3.63, 3.8) is 0 Å². The number of benzene rings is 1. The first-order valence-corrected chi connectivity index (χ1v) is 9.59. The van der Waals surface area contributed by atoms with Gasteiger partial charge in [0.25, 0.3) is 0 Å². The van der Waals surface area contributed by atoms with Crippen molar-refractivity contribution in [3.05, 3.63) is 59.4 Å². The summed E-state index contributed by atoms with van der Waals surface area (Å²) < 4.78 is 0. The van der Waals surface area contributed by atoms with E-state index in [-0.39, 0.29) is 11.4 Å². The van der Waals surface area contributed by atoms with E-state index in [0.717, 1.165) is 19.6 Å². The number of hydrogen-bond donors (Lipinski definition) is 1. The van der Waals surface area contributed by atoms with Gasteiger partial charge >= 0.3 is 6.03 Å². The summed E-state index contributed by atoms with van der Waals surface area (Å²) in [6, 6.07) is 14.0. The monoisotopic (exact) mass is 377 g/mol. The number of piperazine rings is 1. The molecule has 0 bridgehead atoms. The van der Waals surface area contributed by atoms with Crippen LogP contribution in [0.3, 0.4) is 0 Å². The van der Waals surface area contributed by atoms with Crippen LogP contribution in [0.1, 0.15) is 37.6 Å². The van der Waals surface area contributed by atoms with Crippen molar-refractivity contribution in [1.29, 1.82) is 5.26 Å². The molecule has 3 rings (SSSR count). The van der Waals surface area contributed by atoms with Crippen molar-refractivity contribution in [1.82, 2.24) is 14.8 Å². The number of anilines is 1. The molecule has 1 aromatic heterocycles. The summed E-state index contributed by atoms with van der Waals surface area (Å²) in [7, 11) is 0. The molecule has 1 aromatic carbocycles. The van der Waals surface area contributed by atoms with E-state index in [9.17, 15) is 4.79 Å². The van der Waals surface area contributed by atoms with Gasteiger partial charge in [-0.2, -0.15) is 5.26 Å². The number of hydrogen-bond acceptors (Lipinski definition) is 4. The highest BCUT2D eigenvalue weighted by atomic mass is 16.2. The van der Waals surface area contributed by atoms with Crippen LogP contribution in [0.2, 0.25) is 0 Å². The number of rotatable bonds is 3. The molecular formula is C22H27N5O. The van der Waals surface area contributed by atoms with Crippen molar-refractivity contribution >= 4 is 11.7 Å². The van der Waals surface area contributed by atoms with Gasteiger partial charge in [-0.3, -0.25) is 4.90 Å². The van der Waals surface area contributed by atoms with Crippen molar-refractivity contribution in [2.45, 2.75) is 32.7 Å². The van der Waals surface area contributed by atoms with E-state index in [0.29, 0.717) is 24.5 Å². The molecule has 0 saturated carbocycles. The Balaban J connectivity index is 1.48. The lowest BCUT2D eigenvalue weighted by molar-refractivity contribution is 0.143. The van der Waals surface area contributed by atoms with Crippen LogP contribution < -0.4 is 5.32 Å². The Bertz CT molecular complexity index is 838. The number of aromatic nitrogens is 1. The normalized spacial score (nSPS) is 15.1. The minimum atomic E-state index is -0.124. The van der Waals surface area contributed by atoms with Crippen LogP contribution in [-0.2, 0) is 12.0 Å². The lowest BCUT2D eigenvalue weighted by Crippen LogP contribution is -2.49. The number of carbonyl (C=O) groups is 1. The topological polar surface area (TPSA) is 72.3 Å². The highest BCUT2D eigenvalue weighted by Gasteiger charge is 2.21. The number of urea groups is 1. The Hall–Kier alpha value is -2.91. The average molecular weight is 377 g/mol. The molecule has 1 aliphatic heterocycles. The molecule has 0 spiro atoms. The smallest absolute Gasteiger partial charge is 0.321 e. The van der Waals surface area contributed by atoms with Crippen LogP contribution in [-0.4, -0.2) is 47.0 Å². The molecule has 1 fully saturated rings. The SMILES string of the molecule is CC(C)(C)c1ccc(CN2CCN(C(=O)Nc3ccc(C#N)nc3)CC2)cc1. The van der Waals surface area contributed by atoms with Crippen molar-refractivity contribution in [3.8, 4) is 6.07 Å². The largest absolute Gasteiger partial charge is 0.322 e. The summed E-state index contributed by atoms with van der Waals surface area (Å²) in [6.07, 6.45) is 1.51. The van der Waals surface area contributed by atoms with Gasteiger partial charge in [0, 0.05) is 32.7 Å². The molecule has 0 atom stereocenters. The van der Waals surface area contributed by atoms with E-state index in [1.807, 2.05) is 11.0 Å². The number of amides is 2. The Morgan fingerprint density at radius 1 is 1.11 bits per heavy atom. The minimum absolute atomic E-state index is 0.124. The molecule has 2 amide bonds. The van der Waals surface area contributed by atoms with Crippen molar-refractivity contribution < 1.29 is 4.79 Å². The van der Waals surface area contributed by atoms with E-state index in [1.54, 1.807) is 12.1 Å². The fraction of sp³-hybridized carbons (Fsp3) is 0.409. The van der Waals surface area contributed by atoms with Crippen molar-refractivity contribution in [2.75, 3.05) is 31.5 Å². The summed E-state index contributed by atoms with van der Waals surface area (Å²) in [5, 5.41) is 11.6. The molecule has 1 N–H and O–H groups in total. The van der Waals surface area contributed by atoms with Gasteiger partial charge in [0.1, 0.15) is 11.8 Å². The van der Waals surface area contributed by atoms with Crippen molar-refractivity contribution in [2.24, 2.45) is 0 Å². The molecule has 0 unspecified atom stereocenters. The van der Waals surface area contributed by atoms with Gasteiger partial charge in [-0.05, 0) is 28.7 Å². The van der Waals surface area contributed by atoms with Crippen LogP contribution >= 0.6 is 0 Å². The molecule has 1 aliphatic rings. The zero-order valence-corrected chi connectivity index (χ0v) is 16.8. The van der Waals surface area contributed by atoms with Gasteiger partial charge in [-0.1, -0.05) is 45.0 Å². The summed E-state index contributed by atoms with van der Waals surface area (Å²) in [5.74, 6) is 0. The summed E-state index contributed by atoms with van der Waals surface area (Å²) in [5.41, 5.74) is 3.75. The van der Waals surface area contributed by atoms with Crippen LogP contribution in [0, 0.1) is 11.3 Å². The number of pyridine rings is 1. The number of carbonyl (C=O) groups excluding carboxylic acids is 1. The number of nitrogens with zero attached hydrogens (tertiary/aromatic N) is 4. The number of nitriles is 1. The molecule has 146 valence electrons. The minimum Gasteiger partial charge on any atom is -0.322 e. The first-order chi connectivity index (χ1) is 13.3. The van der Waals surface area contributed by atoms with E-state index in [1.165, 1.54) is 17.3 Å². The second-order valence-corrected chi connectivity index (χ2v) is 8.18. The van der Waals surface area contributed by atoms with E-state index < -0.39 is 0 Å². The highest BCUT2D eigenvalue weighted by Crippen LogP contribution is 2.22. The first kappa shape index (κ1) is 19.8. The fourth-order valence-electron chi connectivity index (χ4n) is 3.21. The quantitative estimate of drug-likeness (QED) is 0.887. The van der Waals surface area contributed by atoms with Gasteiger partial charge in [0.2, 0.25) is 0 Å². The predicted molar refractivity (Wildman–Crippen MR) is 110 cm³/mol. The Morgan fingerprint density at radius 3 is 2.32 bits per heavy atom. The number of nitrogens with one attached hydrogen (secondary N) is 1. The molecule has 1 saturated heterocycles. The van der Waals surface area contributed by atoms with Gasteiger partial charge in [-0.25, -0.2) is 9.78 Å². The molecule has 6 heteroatoms. The molecule has 6 nitrogen and oxygen atoms in total. The first-order valence-electron chi connectivity index (χ1n) is 9.59. The van der Waals surface area contributed by atoms with Crippen LogP contribution in [0.25, 0.3) is 0 Å². The van der Waals surface area contributed by atoms with E-state index in [4.69, 9.17) is 5.26 Å². The summed E-state index contributed by atoms with van der Waals surface area (Å²) in [6.45, 7) is 10.6. The average Bonchev–Trinajstić information content (AvgIpc) is 2.69. The van der Waals surface area contributed by atoms with Gasteiger partial charge < -0.3 is 10.2 Å². The molecule has 28 heavy (non-hydrogen) atoms. The van der Waals surface area contributed by atoms with Crippen LogP contribution in [0.15, 0.2) is 42.6 Å². The van der Waals surface area contributed by atoms with Crippen LogP contribution in [0.5, 0.6) is 0 Å². The highest BCUT2D eigenvalue weighted by molar-refractivity contribution is 5.89. The van der Waals surface area contributed by atoms with Crippen LogP contribution in [0.4, 0.5) is 10.5 Å². The Labute approximate surface area is 166 Å². The van der Waals surface area contributed by atoms with Gasteiger partial charge in [-0.15, -0.1) is 0 Å². The predicted octanol–water partition coefficient (Wildman–Crippen LogP) is 3.60. The second-order valence-electron chi connectivity index (χ2n) is 8.18. The third-order valence-electron chi connectivity index (χ3n) is 5.01. The maximum absolute atomic E-state index is 12.4. The third kappa shape index (κ3) is 5.08. The maximum atomic E-state index is 12.4. The molecule has 0 aliphatic carbocycles. The zero-order chi connectivity index (χ0) is 20.1. The standard InChI is InChI=1S/C22H27N5O/c1-22(2,3)18-6-4-17(5-7-18)16-26-10-12-27(13-11-26)21(28)25-20-9-8-19(14-23)24-15-20/h4-9,15H,10-13,16H2,1-3H3,(H,25,28). The maximum Gasteiger partial charge on any atom is 0.321 e. The van der Waals surface area contributed by atoms with E-state index >= 15 is 0 Å². The van der Waals surface area contributed by atoms with Gasteiger partial charge in [0.15, 0.2) is 0 Å². The molecular weight excluding hydrogens is 350 g/mol. The molecule has 2 heterocycles.